The van der Waals surface area contributed by atoms with Gasteiger partial charge >= 0.3 is 0 Å². The van der Waals surface area contributed by atoms with E-state index in [-0.39, 0.29) is 12.5 Å². The Kier molecular flexibility index (Phi) is 4.36. The minimum absolute atomic E-state index is 0.178. The van der Waals surface area contributed by atoms with E-state index in [4.69, 9.17) is 4.42 Å². The zero-order valence-corrected chi connectivity index (χ0v) is 10.8. The molecule has 4 nitrogen and oxygen atoms in total. The van der Waals surface area contributed by atoms with Gasteiger partial charge in [-0.05, 0) is 11.6 Å². The number of aliphatic hydroxyl groups is 1. The molecule has 1 atom stereocenters. The second-order valence-electron chi connectivity index (χ2n) is 4.25. The number of aryl methyl sites for hydroxylation is 1. The van der Waals surface area contributed by atoms with Gasteiger partial charge in [-0.15, -0.1) is 0 Å². The van der Waals surface area contributed by atoms with Gasteiger partial charge in [-0.25, -0.2) is 0 Å². The van der Waals surface area contributed by atoms with Crippen LogP contribution in [-0.4, -0.2) is 17.6 Å². The molecule has 0 radical (unpaired) electrons. The monoisotopic (exact) mass is 259 g/mol. The SMILES string of the molecule is CCc1occc1C(=O)NCC(O)c1ccccc1. The maximum atomic E-state index is 11.9. The van der Waals surface area contributed by atoms with E-state index in [1.807, 2.05) is 37.3 Å². The van der Waals surface area contributed by atoms with Crippen molar-refractivity contribution in [2.24, 2.45) is 0 Å². The lowest BCUT2D eigenvalue weighted by atomic mass is 10.1. The number of furan rings is 1. The second kappa shape index (κ2) is 6.20. The molecule has 0 aliphatic heterocycles. The standard InChI is InChI=1S/C15H17NO3/c1-2-14-12(8-9-19-14)15(18)16-10-13(17)11-6-4-3-5-7-11/h3-9,13,17H,2,10H2,1H3,(H,16,18). The molecular formula is C15H17NO3. The van der Waals surface area contributed by atoms with Gasteiger partial charge in [-0.1, -0.05) is 37.3 Å². The van der Waals surface area contributed by atoms with Crippen molar-refractivity contribution in [3.05, 3.63) is 59.5 Å². The Labute approximate surface area is 112 Å². The molecule has 1 aromatic heterocycles. The summed E-state index contributed by atoms with van der Waals surface area (Å²) >= 11 is 0. The van der Waals surface area contributed by atoms with Crippen molar-refractivity contribution in [3.63, 3.8) is 0 Å². The summed E-state index contributed by atoms with van der Waals surface area (Å²) < 4.78 is 5.20. The van der Waals surface area contributed by atoms with Gasteiger partial charge in [0, 0.05) is 13.0 Å². The topological polar surface area (TPSA) is 62.5 Å². The van der Waals surface area contributed by atoms with Crippen LogP contribution in [0.3, 0.4) is 0 Å². The zero-order chi connectivity index (χ0) is 13.7. The lowest BCUT2D eigenvalue weighted by molar-refractivity contribution is 0.0914. The molecule has 2 aromatic rings. The first kappa shape index (κ1) is 13.4. The third kappa shape index (κ3) is 3.23. The molecule has 0 bridgehead atoms. The molecule has 2 rings (SSSR count). The van der Waals surface area contributed by atoms with E-state index < -0.39 is 6.10 Å². The lowest BCUT2D eigenvalue weighted by Gasteiger charge is -2.12. The molecule has 0 saturated carbocycles. The first-order valence-corrected chi connectivity index (χ1v) is 6.30. The van der Waals surface area contributed by atoms with E-state index in [1.165, 1.54) is 6.26 Å². The Morgan fingerprint density at radius 1 is 1.32 bits per heavy atom. The average molecular weight is 259 g/mol. The number of carbonyl (C=O) groups is 1. The van der Waals surface area contributed by atoms with Crippen LogP contribution in [0.2, 0.25) is 0 Å². The first-order valence-electron chi connectivity index (χ1n) is 6.30. The van der Waals surface area contributed by atoms with Crippen LogP contribution in [0, 0.1) is 0 Å². The van der Waals surface area contributed by atoms with E-state index in [2.05, 4.69) is 5.32 Å². The Balaban J connectivity index is 1.94. The summed E-state index contributed by atoms with van der Waals surface area (Å²) in [5.41, 5.74) is 1.31. The molecule has 19 heavy (non-hydrogen) atoms. The smallest absolute Gasteiger partial charge is 0.254 e. The van der Waals surface area contributed by atoms with Crippen molar-refractivity contribution >= 4 is 5.91 Å². The number of nitrogens with one attached hydrogen (secondary N) is 1. The Morgan fingerprint density at radius 2 is 2.05 bits per heavy atom. The maximum absolute atomic E-state index is 11.9. The maximum Gasteiger partial charge on any atom is 0.254 e. The van der Waals surface area contributed by atoms with Crippen LogP contribution < -0.4 is 5.32 Å². The van der Waals surface area contributed by atoms with Gasteiger partial charge in [0.1, 0.15) is 5.76 Å². The Morgan fingerprint density at radius 3 is 2.74 bits per heavy atom. The molecule has 0 fully saturated rings. The second-order valence-corrected chi connectivity index (χ2v) is 4.25. The van der Waals surface area contributed by atoms with E-state index >= 15 is 0 Å². The van der Waals surface area contributed by atoms with Crippen molar-refractivity contribution in [1.29, 1.82) is 0 Å². The predicted octanol–water partition coefficient (Wildman–Crippen LogP) is 2.31. The molecule has 4 heteroatoms. The van der Waals surface area contributed by atoms with Crippen molar-refractivity contribution in [3.8, 4) is 0 Å². The molecule has 0 spiro atoms. The summed E-state index contributed by atoms with van der Waals surface area (Å²) in [5.74, 6) is 0.437. The van der Waals surface area contributed by atoms with Crippen LogP contribution in [0.5, 0.6) is 0 Å². The van der Waals surface area contributed by atoms with Gasteiger partial charge in [0.2, 0.25) is 0 Å². The zero-order valence-electron chi connectivity index (χ0n) is 10.8. The number of rotatable bonds is 5. The van der Waals surface area contributed by atoms with Crippen LogP contribution in [-0.2, 0) is 6.42 Å². The van der Waals surface area contributed by atoms with Gasteiger partial charge in [0.25, 0.3) is 5.91 Å². The molecule has 1 heterocycles. The van der Waals surface area contributed by atoms with Crippen LogP contribution in [0.25, 0.3) is 0 Å². The van der Waals surface area contributed by atoms with Crippen molar-refractivity contribution < 1.29 is 14.3 Å². The minimum atomic E-state index is -0.706. The largest absolute Gasteiger partial charge is 0.469 e. The fourth-order valence-corrected chi connectivity index (χ4v) is 1.89. The van der Waals surface area contributed by atoms with E-state index in [0.717, 1.165) is 5.56 Å². The normalized spacial score (nSPS) is 12.1. The highest BCUT2D eigenvalue weighted by molar-refractivity contribution is 5.95. The van der Waals surface area contributed by atoms with Crippen LogP contribution in [0.15, 0.2) is 47.1 Å². The number of aliphatic hydroxyl groups excluding tert-OH is 1. The molecule has 0 saturated heterocycles. The quantitative estimate of drug-likeness (QED) is 0.866. The van der Waals surface area contributed by atoms with Gasteiger partial charge in [0.15, 0.2) is 0 Å². The van der Waals surface area contributed by atoms with Crippen LogP contribution in [0.1, 0.15) is 34.7 Å². The van der Waals surface area contributed by atoms with E-state index in [0.29, 0.717) is 17.7 Å². The number of amides is 1. The van der Waals surface area contributed by atoms with Crippen molar-refractivity contribution in [1.82, 2.24) is 5.32 Å². The Hall–Kier alpha value is -2.07. The van der Waals surface area contributed by atoms with E-state index in [1.54, 1.807) is 6.07 Å². The summed E-state index contributed by atoms with van der Waals surface area (Å²) in [6.45, 7) is 2.10. The van der Waals surface area contributed by atoms with Gasteiger partial charge in [0.05, 0.1) is 17.9 Å². The molecule has 0 aliphatic carbocycles. The highest BCUT2D eigenvalue weighted by Crippen LogP contribution is 2.13. The fourth-order valence-electron chi connectivity index (χ4n) is 1.89. The number of hydrogen-bond acceptors (Lipinski definition) is 3. The third-order valence-corrected chi connectivity index (χ3v) is 2.95. The van der Waals surface area contributed by atoms with Crippen molar-refractivity contribution in [2.45, 2.75) is 19.4 Å². The van der Waals surface area contributed by atoms with Gasteiger partial charge in [-0.3, -0.25) is 4.79 Å². The molecular weight excluding hydrogens is 242 g/mol. The number of carbonyl (C=O) groups excluding carboxylic acids is 1. The summed E-state index contributed by atoms with van der Waals surface area (Å²) in [5, 5.41) is 12.7. The number of hydrogen-bond donors (Lipinski definition) is 2. The predicted molar refractivity (Wildman–Crippen MR) is 71.8 cm³/mol. The molecule has 1 unspecified atom stereocenters. The molecule has 1 aromatic carbocycles. The highest BCUT2D eigenvalue weighted by atomic mass is 16.3. The summed E-state index contributed by atoms with van der Waals surface area (Å²) in [6, 6.07) is 10.9. The highest BCUT2D eigenvalue weighted by Gasteiger charge is 2.14. The summed E-state index contributed by atoms with van der Waals surface area (Å²) in [4.78, 5) is 11.9. The molecule has 2 N–H and O–H groups in total. The fraction of sp³-hybridized carbons (Fsp3) is 0.267. The lowest BCUT2D eigenvalue weighted by Crippen LogP contribution is -2.28. The van der Waals surface area contributed by atoms with Crippen molar-refractivity contribution in [2.75, 3.05) is 6.54 Å². The van der Waals surface area contributed by atoms with Crippen LogP contribution in [0.4, 0.5) is 0 Å². The third-order valence-electron chi connectivity index (χ3n) is 2.95. The Bertz CT molecular complexity index is 533. The summed E-state index contributed by atoms with van der Waals surface area (Å²) in [6.07, 6.45) is 1.46. The number of benzene rings is 1. The summed E-state index contributed by atoms with van der Waals surface area (Å²) in [7, 11) is 0. The molecule has 1 amide bonds. The average Bonchev–Trinajstić information content (AvgIpc) is 2.93. The minimum Gasteiger partial charge on any atom is -0.469 e. The van der Waals surface area contributed by atoms with Gasteiger partial charge in [-0.2, -0.15) is 0 Å². The van der Waals surface area contributed by atoms with Crippen LogP contribution >= 0.6 is 0 Å². The van der Waals surface area contributed by atoms with Gasteiger partial charge < -0.3 is 14.8 Å². The van der Waals surface area contributed by atoms with E-state index in [9.17, 15) is 9.90 Å². The molecule has 100 valence electrons. The molecule has 0 aliphatic rings. The first-order chi connectivity index (χ1) is 9.22.